The minimum Gasteiger partial charge on any atom is -0.311 e. The van der Waals surface area contributed by atoms with Gasteiger partial charge in [-0.15, -0.1) is 0 Å². The number of rotatable bonds is 5. The summed E-state index contributed by atoms with van der Waals surface area (Å²) in [5.74, 6) is 0. The number of benzene rings is 1. The van der Waals surface area contributed by atoms with Crippen LogP contribution < -0.4 is 5.32 Å². The second-order valence-electron chi connectivity index (χ2n) is 5.54. The maximum Gasteiger partial charge on any atom is 0.0406 e. The number of hydrogen-bond donors (Lipinski definition) is 1. The SMILES string of the molecule is CN(CCNC(C)(C)C)Cc1ccc(Cl)cc1. The maximum absolute atomic E-state index is 5.86. The van der Waals surface area contributed by atoms with Crippen LogP contribution in [-0.2, 0) is 6.54 Å². The van der Waals surface area contributed by atoms with Crippen molar-refractivity contribution in [2.45, 2.75) is 32.9 Å². The van der Waals surface area contributed by atoms with E-state index in [0.29, 0.717) is 0 Å². The van der Waals surface area contributed by atoms with E-state index in [-0.39, 0.29) is 5.54 Å². The Labute approximate surface area is 110 Å². The van der Waals surface area contributed by atoms with E-state index in [2.05, 4.69) is 50.2 Å². The second kappa shape index (κ2) is 6.39. The molecule has 0 amide bonds. The average molecular weight is 255 g/mol. The molecule has 0 saturated heterocycles. The smallest absolute Gasteiger partial charge is 0.0406 e. The molecule has 0 spiro atoms. The molecule has 2 nitrogen and oxygen atoms in total. The van der Waals surface area contributed by atoms with Gasteiger partial charge in [0.15, 0.2) is 0 Å². The molecule has 0 aliphatic carbocycles. The molecule has 0 saturated carbocycles. The first kappa shape index (κ1) is 14.5. The third-order valence-corrected chi connectivity index (χ3v) is 2.77. The van der Waals surface area contributed by atoms with Crippen LogP contribution in [0.25, 0.3) is 0 Å². The molecule has 0 heterocycles. The molecule has 1 aromatic carbocycles. The van der Waals surface area contributed by atoms with E-state index in [1.54, 1.807) is 0 Å². The number of likely N-dealkylation sites (N-methyl/N-ethyl adjacent to an activating group) is 1. The summed E-state index contributed by atoms with van der Waals surface area (Å²) >= 11 is 5.86. The first-order chi connectivity index (χ1) is 7.87. The van der Waals surface area contributed by atoms with E-state index < -0.39 is 0 Å². The van der Waals surface area contributed by atoms with E-state index in [1.807, 2.05) is 12.1 Å². The second-order valence-corrected chi connectivity index (χ2v) is 5.98. The number of nitrogens with zero attached hydrogens (tertiary/aromatic N) is 1. The van der Waals surface area contributed by atoms with Crippen molar-refractivity contribution in [1.82, 2.24) is 10.2 Å². The van der Waals surface area contributed by atoms with Gasteiger partial charge in [-0.3, -0.25) is 0 Å². The van der Waals surface area contributed by atoms with Crippen LogP contribution in [0.5, 0.6) is 0 Å². The van der Waals surface area contributed by atoms with Gasteiger partial charge in [0, 0.05) is 30.2 Å². The summed E-state index contributed by atoms with van der Waals surface area (Å²) in [7, 11) is 2.14. The van der Waals surface area contributed by atoms with Crippen LogP contribution in [0, 0.1) is 0 Å². The highest BCUT2D eigenvalue weighted by Crippen LogP contribution is 2.10. The van der Waals surface area contributed by atoms with Crippen LogP contribution in [0.15, 0.2) is 24.3 Å². The predicted octanol–water partition coefficient (Wildman–Crippen LogP) is 3.16. The Morgan fingerprint density at radius 2 is 1.76 bits per heavy atom. The topological polar surface area (TPSA) is 15.3 Å². The van der Waals surface area contributed by atoms with Gasteiger partial charge in [0.25, 0.3) is 0 Å². The lowest BCUT2D eigenvalue weighted by Gasteiger charge is -2.23. The Morgan fingerprint density at radius 1 is 1.18 bits per heavy atom. The molecule has 17 heavy (non-hydrogen) atoms. The highest BCUT2D eigenvalue weighted by Gasteiger charge is 2.08. The molecular formula is C14H23ClN2. The zero-order valence-electron chi connectivity index (χ0n) is 11.3. The van der Waals surface area contributed by atoms with Gasteiger partial charge < -0.3 is 10.2 Å². The fourth-order valence-corrected chi connectivity index (χ4v) is 1.73. The molecule has 96 valence electrons. The summed E-state index contributed by atoms with van der Waals surface area (Å²) in [5, 5.41) is 4.28. The lowest BCUT2D eigenvalue weighted by molar-refractivity contribution is 0.303. The summed E-state index contributed by atoms with van der Waals surface area (Å²) in [6.07, 6.45) is 0. The molecule has 1 N–H and O–H groups in total. The van der Waals surface area contributed by atoms with Crippen LogP contribution in [0.1, 0.15) is 26.3 Å². The monoisotopic (exact) mass is 254 g/mol. The quantitative estimate of drug-likeness (QED) is 0.869. The molecular weight excluding hydrogens is 232 g/mol. The normalized spacial score (nSPS) is 12.1. The zero-order valence-corrected chi connectivity index (χ0v) is 12.0. The van der Waals surface area contributed by atoms with E-state index in [9.17, 15) is 0 Å². The van der Waals surface area contributed by atoms with Crippen LogP contribution in [0.3, 0.4) is 0 Å². The highest BCUT2D eigenvalue weighted by molar-refractivity contribution is 6.30. The van der Waals surface area contributed by atoms with Crippen molar-refractivity contribution in [1.29, 1.82) is 0 Å². The fraction of sp³-hybridized carbons (Fsp3) is 0.571. The summed E-state index contributed by atoms with van der Waals surface area (Å²) in [6, 6.07) is 8.04. The Balaban J connectivity index is 2.30. The third kappa shape index (κ3) is 6.67. The first-order valence-corrected chi connectivity index (χ1v) is 6.43. The molecule has 0 aromatic heterocycles. The van der Waals surface area contributed by atoms with E-state index in [1.165, 1.54) is 5.56 Å². The van der Waals surface area contributed by atoms with Gasteiger partial charge >= 0.3 is 0 Å². The molecule has 0 atom stereocenters. The molecule has 0 radical (unpaired) electrons. The molecule has 3 heteroatoms. The fourth-order valence-electron chi connectivity index (χ4n) is 1.60. The largest absolute Gasteiger partial charge is 0.311 e. The predicted molar refractivity (Wildman–Crippen MR) is 75.5 cm³/mol. The standard InChI is InChI=1S/C14H23ClN2/c1-14(2,3)16-9-10-17(4)11-12-5-7-13(15)8-6-12/h5-8,16H,9-11H2,1-4H3. The van der Waals surface area contributed by atoms with Gasteiger partial charge in [-0.2, -0.15) is 0 Å². The van der Waals surface area contributed by atoms with Gasteiger partial charge in [-0.05, 0) is 45.5 Å². The van der Waals surface area contributed by atoms with Crippen molar-refractivity contribution in [3.05, 3.63) is 34.9 Å². The minimum absolute atomic E-state index is 0.196. The Hall–Kier alpha value is -0.570. The average Bonchev–Trinajstić information content (AvgIpc) is 2.19. The Morgan fingerprint density at radius 3 is 2.29 bits per heavy atom. The van der Waals surface area contributed by atoms with Gasteiger partial charge in [-0.1, -0.05) is 23.7 Å². The van der Waals surface area contributed by atoms with E-state index >= 15 is 0 Å². The molecule has 1 aromatic rings. The van der Waals surface area contributed by atoms with Crippen LogP contribution in [-0.4, -0.2) is 30.6 Å². The molecule has 0 fully saturated rings. The van der Waals surface area contributed by atoms with Crippen molar-refractivity contribution in [2.75, 3.05) is 20.1 Å². The van der Waals surface area contributed by atoms with Crippen molar-refractivity contribution in [3.63, 3.8) is 0 Å². The van der Waals surface area contributed by atoms with Gasteiger partial charge in [-0.25, -0.2) is 0 Å². The molecule has 0 aliphatic heterocycles. The number of nitrogens with one attached hydrogen (secondary N) is 1. The lowest BCUT2D eigenvalue weighted by Crippen LogP contribution is -2.40. The Bertz CT molecular complexity index is 327. The van der Waals surface area contributed by atoms with Crippen molar-refractivity contribution < 1.29 is 0 Å². The van der Waals surface area contributed by atoms with Gasteiger partial charge in [0.05, 0.1) is 0 Å². The number of hydrogen-bond acceptors (Lipinski definition) is 2. The van der Waals surface area contributed by atoms with Crippen LogP contribution in [0.4, 0.5) is 0 Å². The zero-order chi connectivity index (χ0) is 12.9. The molecule has 0 aliphatic rings. The minimum atomic E-state index is 0.196. The summed E-state index contributed by atoms with van der Waals surface area (Å²) < 4.78 is 0. The van der Waals surface area contributed by atoms with E-state index in [0.717, 1.165) is 24.7 Å². The maximum atomic E-state index is 5.86. The molecule has 0 bridgehead atoms. The number of halogens is 1. The summed E-state index contributed by atoms with van der Waals surface area (Å²) in [5.41, 5.74) is 1.49. The molecule has 1 rings (SSSR count). The van der Waals surface area contributed by atoms with Crippen LogP contribution >= 0.6 is 11.6 Å². The van der Waals surface area contributed by atoms with Crippen molar-refractivity contribution >= 4 is 11.6 Å². The Kier molecular flexibility index (Phi) is 5.44. The summed E-state index contributed by atoms with van der Waals surface area (Å²) in [4.78, 5) is 2.31. The van der Waals surface area contributed by atoms with Crippen molar-refractivity contribution in [2.24, 2.45) is 0 Å². The lowest BCUT2D eigenvalue weighted by atomic mass is 10.1. The third-order valence-electron chi connectivity index (χ3n) is 2.51. The first-order valence-electron chi connectivity index (χ1n) is 6.05. The van der Waals surface area contributed by atoms with Crippen LogP contribution in [0.2, 0.25) is 5.02 Å². The molecule has 0 unspecified atom stereocenters. The van der Waals surface area contributed by atoms with Gasteiger partial charge in [0.1, 0.15) is 0 Å². The van der Waals surface area contributed by atoms with Gasteiger partial charge in [0.2, 0.25) is 0 Å². The van der Waals surface area contributed by atoms with Crippen molar-refractivity contribution in [3.8, 4) is 0 Å². The summed E-state index contributed by atoms with van der Waals surface area (Å²) in [6.45, 7) is 9.57. The highest BCUT2D eigenvalue weighted by atomic mass is 35.5. The van der Waals surface area contributed by atoms with E-state index in [4.69, 9.17) is 11.6 Å².